The molecule has 0 bridgehead atoms. The number of esters is 1. The number of ether oxygens (including phenoxy) is 1. The third-order valence-corrected chi connectivity index (χ3v) is 5.97. The predicted molar refractivity (Wildman–Crippen MR) is 120 cm³/mol. The van der Waals surface area contributed by atoms with E-state index in [1.54, 1.807) is 30.3 Å². The van der Waals surface area contributed by atoms with Crippen LogP contribution in [-0.2, 0) is 11.3 Å². The summed E-state index contributed by atoms with van der Waals surface area (Å²) in [6, 6.07) is 12.1. The molecule has 1 aliphatic rings. The predicted octanol–water partition coefficient (Wildman–Crippen LogP) is 3.57. The topological polar surface area (TPSA) is 93.2 Å². The van der Waals surface area contributed by atoms with Crippen molar-refractivity contribution in [3.63, 3.8) is 0 Å². The number of rotatable bonds is 5. The van der Waals surface area contributed by atoms with E-state index in [9.17, 15) is 14.4 Å². The summed E-state index contributed by atoms with van der Waals surface area (Å²) in [6.45, 7) is 0.271. The lowest BCUT2D eigenvalue weighted by molar-refractivity contribution is 0.0600. The molecule has 3 aromatic rings. The number of benzene rings is 2. The van der Waals surface area contributed by atoms with E-state index >= 15 is 0 Å². The van der Waals surface area contributed by atoms with Crippen LogP contribution in [0.15, 0.2) is 47.3 Å². The Morgan fingerprint density at radius 2 is 1.81 bits per heavy atom. The smallest absolute Gasteiger partial charge is 0.337 e. The molecule has 1 aliphatic carbocycles. The highest BCUT2D eigenvalue weighted by atomic mass is 32.1. The second-order valence-corrected chi connectivity index (χ2v) is 8.11. The van der Waals surface area contributed by atoms with E-state index in [0.29, 0.717) is 22.0 Å². The molecule has 0 unspecified atom stereocenters. The first-order valence-corrected chi connectivity index (χ1v) is 10.6. The first-order valence-electron chi connectivity index (χ1n) is 10.2. The Bertz CT molecular complexity index is 1250. The van der Waals surface area contributed by atoms with Gasteiger partial charge in [0.05, 0.1) is 30.1 Å². The van der Waals surface area contributed by atoms with Crippen LogP contribution in [-0.4, -0.2) is 34.6 Å². The third kappa shape index (κ3) is 4.44. The lowest BCUT2D eigenvalue weighted by atomic mass is 10.1. The Balaban J connectivity index is 1.56. The molecule has 2 N–H and O–H groups in total. The highest BCUT2D eigenvalue weighted by Gasteiger charge is 2.18. The quantitative estimate of drug-likeness (QED) is 0.470. The maximum atomic E-state index is 13.0. The SMILES string of the molecule is COC(=O)c1ccc2c(=O)n(Cc3ccc(C(=O)NC4CCCC4)cc3)c(=S)[nH]c2c1. The minimum atomic E-state index is -0.484. The molecule has 160 valence electrons. The lowest BCUT2D eigenvalue weighted by Crippen LogP contribution is -2.32. The molecule has 0 saturated heterocycles. The van der Waals surface area contributed by atoms with Gasteiger partial charge in [-0.05, 0) is 61.0 Å². The summed E-state index contributed by atoms with van der Waals surface area (Å²) in [7, 11) is 1.30. The summed E-state index contributed by atoms with van der Waals surface area (Å²) in [5.41, 5.74) is 2.02. The van der Waals surface area contributed by atoms with Gasteiger partial charge in [0.25, 0.3) is 11.5 Å². The number of fused-ring (bicyclic) bond motifs is 1. The van der Waals surface area contributed by atoms with Gasteiger partial charge < -0.3 is 15.0 Å². The average molecular weight is 438 g/mol. The molecule has 2 aromatic carbocycles. The van der Waals surface area contributed by atoms with Gasteiger partial charge in [0, 0.05) is 11.6 Å². The number of methoxy groups -OCH3 is 1. The van der Waals surface area contributed by atoms with Crippen molar-refractivity contribution >= 4 is 35.0 Å². The Morgan fingerprint density at radius 1 is 1.13 bits per heavy atom. The number of nitrogens with zero attached hydrogens (tertiary/aromatic N) is 1. The van der Waals surface area contributed by atoms with Crippen LogP contribution < -0.4 is 10.9 Å². The molecule has 1 amide bonds. The third-order valence-electron chi connectivity index (χ3n) is 5.65. The minimum absolute atomic E-state index is 0.0694. The minimum Gasteiger partial charge on any atom is -0.465 e. The molecule has 0 aliphatic heterocycles. The summed E-state index contributed by atoms with van der Waals surface area (Å²) in [5, 5.41) is 3.50. The fourth-order valence-corrected chi connectivity index (χ4v) is 4.18. The van der Waals surface area contributed by atoms with Gasteiger partial charge in [-0.1, -0.05) is 25.0 Å². The standard InChI is InChI=1S/C23H23N3O4S/c1-30-22(29)16-10-11-18-19(12-16)25-23(31)26(21(18)28)13-14-6-8-15(9-7-14)20(27)24-17-4-2-3-5-17/h6-12,17H,2-5,13H2,1H3,(H,24,27)(H,25,31). The zero-order valence-electron chi connectivity index (χ0n) is 17.1. The van der Waals surface area contributed by atoms with Crippen LogP contribution in [0.4, 0.5) is 0 Å². The van der Waals surface area contributed by atoms with Crippen LogP contribution in [0.5, 0.6) is 0 Å². The maximum Gasteiger partial charge on any atom is 0.337 e. The Hall–Kier alpha value is -3.26. The van der Waals surface area contributed by atoms with Crippen LogP contribution in [0.25, 0.3) is 10.9 Å². The van der Waals surface area contributed by atoms with Gasteiger partial charge in [0.1, 0.15) is 0 Å². The zero-order chi connectivity index (χ0) is 22.0. The van der Waals surface area contributed by atoms with Crippen molar-refractivity contribution < 1.29 is 14.3 Å². The number of H-pyrrole nitrogens is 1. The number of carbonyl (C=O) groups is 2. The molecular weight excluding hydrogens is 414 g/mol. The van der Waals surface area contributed by atoms with Gasteiger partial charge in [0.2, 0.25) is 0 Å². The van der Waals surface area contributed by atoms with Gasteiger partial charge in [-0.2, -0.15) is 0 Å². The molecule has 31 heavy (non-hydrogen) atoms. The van der Waals surface area contributed by atoms with Crippen LogP contribution in [0.3, 0.4) is 0 Å². The van der Waals surface area contributed by atoms with Crippen molar-refractivity contribution in [2.24, 2.45) is 0 Å². The van der Waals surface area contributed by atoms with E-state index in [1.165, 1.54) is 11.7 Å². The molecule has 7 nitrogen and oxygen atoms in total. The van der Waals surface area contributed by atoms with Crippen LogP contribution in [0.2, 0.25) is 0 Å². The molecule has 8 heteroatoms. The van der Waals surface area contributed by atoms with E-state index < -0.39 is 5.97 Å². The van der Waals surface area contributed by atoms with Crippen LogP contribution in [0, 0.1) is 4.77 Å². The molecule has 0 radical (unpaired) electrons. The number of aromatic amines is 1. The van der Waals surface area contributed by atoms with E-state index in [2.05, 4.69) is 10.3 Å². The summed E-state index contributed by atoms with van der Waals surface area (Å²) < 4.78 is 6.43. The molecule has 1 aromatic heterocycles. The molecular formula is C23H23N3O4S. The van der Waals surface area contributed by atoms with Crippen LogP contribution in [0.1, 0.15) is 52.0 Å². The maximum absolute atomic E-state index is 13.0. The van der Waals surface area contributed by atoms with E-state index in [4.69, 9.17) is 17.0 Å². The molecule has 1 fully saturated rings. The van der Waals surface area contributed by atoms with Gasteiger partial charge in [0.15, 0.2) is 4.77 Å². The summed E-state index contributed by atoms with van der Waals surface area (Å²) in [6.07, 6.45) is 4.39. The van der Waals surface area contributed by atoms with Crippen molar-refractivity contribution in [1.82, 2.24) is 14.9 Å². The molecule has 4 rings (SSSR count). The highest BCUT2D eigenvalue weighted by Crippen LogP contribution is 2.18. The van der Waals surface area contributed by atoms with Gasteiger partial charge in [-0.25, -0.2) is 4.79 Å². The van der Waals surface area contributed by atoms with Gasteiger partial charge >= 0.3 is 5.97 Å². The Kier molecular flexibility index (Phi) is 5.99. The molecule has 1 saturated carbocycles. The Morgan fingerprint density at radius 3 is 2.48 bits per heavy atom. The fourth-order valence-electron chi connectivity index (χ4n) is 3.93. The number of amides is 1. The van der Waals surface area contributed by atoms with Crippen molar-refractivity contribution in [1.29, 1.82) is 0 Å². The number of hydrogen-bond acceptors (Lipinski definition) is 5. The number of hydrogen-bond donors (Lipinski definition) is 2. The van der Waals surface area contributed by atoms with Crippen LogP contribution >= 0.6 is 12.2 Å². The van der Waals surface area contributed by atoms with E-state index in [1.807, 2.05) is 12.1 Å². The second kappa shape index (κ2) is 8.85. The number of nitrogens with one attached hydrogen (secondary N) is 2. The number of aromatic nitrogens is 2. The largest absolute Gasteiger partial charge is 0.465 e. The fraction of sp³-hybridized carbons (Fsp3) is 0.304. The van der Waals surface area contributed by atoms with E-state index in [-0.39, 0.29) is 28.8 Å². The van der Waals surface area contributed by atoms with Crippen molar-refractivity contribution in [2.75, 3.05) is 7.11 Å². The van der Waals surface area contributed by atoms with Gasteiger partial charge in [-0.15, -0.1) is 0 Å². The van der Waals surface area contributed by atoms with Gasteiger partial charge in [-0.3, -0.25) is 14.2 Å². The Labute approximate surface area is 184 Å². The highest BCUT2D eigenvalue weighted by molar-refractivity contribution is 7.71. The summed E-state index contributed by atoms with van der Waals surface area (Å²) in [4.78, 5) is 40.1. The lowest BCUT2D eigenvalue weighted by Gasteiger charge is -2.12. The zero-order valence-corrected chi connectivity index (χ0v) is 18.0. The second-order valence-electron chi connectivity index (χ2n) is 7.73. The summed E-state index contributed by atoms with van der Waals surface area (Å²) in [5.74, 6) is -0.553. The average Bonchev–Trinajstić information content (AvgIpc) is 3.29. The van der Waals surface area contributed by atoms with Crippen molar-refractivity contribution in [2.45, 2.75) is 38.3 Å². The molecule has 0 spiro atoms. The van der Waals surface area contributed by atoms with E-state index in [0.717, 1.165) is 31.2 Å². The first kappa shape index (κ1) is 21.0. The summed E-state index contributed by atoms with van der Waals surface area (Å²) >= 11 is 5.38. The monoisotopic (exact) mass is 437 g/mol. The number of carbonyl (C=O) groups excluding carboxylic acids is 2. The van der Waals surface area contributed by atoms with Crippen molar-refractivity contribution in [3.8, 4) is 0 Å². The normalized spacial score (nSPS) is 14.0. The molecule has 1 heterocycles. The molecule has 0 atom stereocenters. The first-order chi connectivity index (χ1) is 15.0. The van der Waals surface area contributed by atoms with Crippen molar-refractivity contribution in [3.05, 3.63) is 74.3 Å².